The van der Waals surface area contributed by atoms with Crippen LogP contribution in [0.3, 0.4) is 0 Å². The molecule has 2 aromatic carbocycles. The number of carbonyl (C=O) groups is 1. The lowest BCUT2D eigenvalue weighted by molar-refractivity contribution is -0.384. The Hall–Kier alpha value is -2.76. The van der Waals surface area contributed by atoms with Crippen LogP contribution in [0.1, 0.15) is 11.1 Å². The van der Waals surface area contributed by atoms with Crippen molar-refractivity contribution in [3.63, 3.8) is 0 Å². The van der Waals surface area contributed by atoms with Crippen molar-refractivity contribution in [2.45, 2.75) is 0 Å². The van der Waals surface area contributed by atoms with Crippen LogP contribution in [0.4, 0.5) is 5.69 Å². The fourth-order valence-corrected chi connectivity index (χ4v) is 3.76. The molecule has 1 amide bonds. The summed E-state index contributed by atoms with van der Waals surface area (Å²) in [7, 11) is 0. The van der Waals surface area contributed by atoms with E-state index >= 15 is 0 Å². The highest BCUT2D eigenvalue weighted by atomic mass is 79.9. The van der Waals surface area contributed by atoms with Crippen LogP contribution in [0.2, 0.25) is 0 Å². The topological polar surface area (TPSA) is 116 Å². The van der Waals surface area contributed by atoms with Gasteiger partial charge in [0.1, 0.15) is 11.5 Å². The summed E-state index contributed by atoms with van der Waals surface area (Å²) in [6.45, 7) is 0. The molecule has 2 N–H and O–H groups in total. The lowest BCUT2D eigenvalue weighted by atomic mass is 10.1. The SMILES string of the molecule is O=C1C(=Cc2cc([N+](=O)[O-])ccc2O)SC(=S)N1N=Cc1cc(Br)ccc1O. The van der Waals surface area contributed by atoms with E-state index < -0.39 is 10.8 Å². The summed E-state index contributed by atoms with van der Waals surface area (Å²) < 4.78 is 0.866. The fraction of sp³-hybridized carbons (Fsp3) is 0. The zero-order chi connectivity index (χ0) is 20.4. The van der Waals surface area contributed by atoms with E-state index in [0.29, 0.717) is 5.56 Å². The van der Waals surface area contributed by atoms with Gasteiger partial charge in [-0.3, -0.25) is 14.9 Å². The van der Waals surface area contributed by atoms with E-state index in [4.69, 9.17) is 12.2 Å². The highest BCUT2D eigenvalue weighted by Crippen LogP contribution is 2.35. The van der Waals surface area contributed by atoms with Crippen LogP contribution in [0.25, 0.3) is 6.08 Å². The van der Waals surface area contributed by atoms with Crippen molar-refractivity contribution in [1.29, 1.82) is 0 Å². The van der Waals surface area contributed by atoms with Gasteiger partial charge in [0.25, 0.3) is 11.6 Å². The number of benzene rings is 2. The first kappa shape index (κ1) is 20.0. The Bertz CT molecular complexity index is 1070. The number of thioether (sulfide) groups is 1. The maximum atomic E-state index is 12.6. The number of hydrogen-bond acceptors (Lipinski definition) is 8. The van der Waals surface area contributed by atoms with Crippen LogP contribution in [-0.4, -0.2) is 36.6 Å². The maximum absolute atomic E-state index is 12.6. The minimum atomic E-state index is -0.600. The molecule has 1 heterocycles. The number of non-ortho nitro benzene ring substituents is 1. The minimum Gasteiger partial charge on any atom is -0.507 e. The van der Waals surface area contributed by atoms with E-state index in [1.165, 1.54) is 24.4 Å². The third-order valence-corrected chi connectivity index (χ3v) is 5.36. The van der Waals surface area contributed by atoms with Crippen molar-refractivity contribution in [2.75, 3.05) is 0 Å². The molecule has 1 saturated heterocycles. The fourth-order valence-electron chi connectivity index (χ4n) is 2.22. The molecule has 0 aliphatic carbocycles. The molecule has 8 nitrogen and oxygen atoms in total. The molecule has 1 aliphatic heterocycles. The van der Waals surface area contributed by atoms with Gasteiger partial charge in [0, 0.05) is 27.7 Å². The smallest absolute Gasteiger partial charge is 0.286 e. The standard InChI is InChI=1S/C17H10BrN3O5S2/c18-11-1-3-14(23)10(5-11)8-19-20-16(24)15(28-17(20)27)7-9-6-12(21(25)26)2-4-13(9)22/h1-8,22-23H. The molecule has 0 aromatic heterocycles. The average molecular weight is 480 g/mol. The zero-order valence-electron chi connectivity index (χ0n) is 13.8. The van der Waals surface area contributed by atoms with Gasteiger partial charge in [0.05, 0.1) is 16.0 Å². The van der Waals surface area contributed by atoms with Crippen LogP contribution in [0, 0.1) is 10.1 Å². The Morgan fingerprint density at radius 1 is 1.18 bits per heavy atom. The number of thiocarbonyl (C=S) groups is 1. The lowest BCUT2D eigenvalue weighted by Crippen LogP contribution is -2.22. The quantitative estimate of drug-likeness (QED) is 0.223. The van der Waals surface area contributed by atoms with E-state index in [1.807, 2.05) is 0 Å². The molecule has 0 atom stereocenters. The van der Waals surface area contributed by atoms with E-state index in [0.717, 1.165) is 33.4 Å². The number of hydrazone groups is 1. The van der Waals surface area contributed by atoms with Crippen molar-refractivity contribution in [3.05, 3.63) is 67.0 Å². The Morgan fingerprint density at radius 2 is 1.86 bits per heavy atom. The van der Waals surface area contributed by atoms with Gasteiger partial charge in [-0.1, -0.05) is 27.7 Å². The summed E-state index contributed by atoms with van der Waals surface area (Å²) in [4.78, 5) is 23.0. The van der Waals surface area contributed by atoms with Gasteiger partial charge in [-0.25, -0.2) is 0 Å². The number of nitrogens with zero attached hydrogens (tertiary/aromatic N) is 3. The molecule has 1 aliphatic rings. The van der Waals surface area contributed by atoms with Crippen molar-refractivity contribution in [1.82, 2.24) is 5.01 Å². The Kier molecular flexibility index (Phi) is 5.77. The predicted octanol–water partition coefficient (Wildman–Crippen LogP) is 4.00. The number of rotatable bonds is 4. The van der Waals surface area contributed by atoms with Crippen molar-refractivity contribution < 1.29 is 19.9 Å². The molecular weight excluding hydrogens is 470 g/mol. The molecule has 28 heavy (non-hydrogen) atoms. The molecule has 3 rings (SSSR count). The lowest BCUT2D eigenvalue weighted by Gasteiger charge is -2.07. The molecular formula is C17H10BrN3O5S2. The highest BCUT2D eigenvalue weighted by molar-refractivity contribution is 9.10. The molecule has 11 heteroatoms. The van der Waals surface area contributed by atoms with Gasteiger partial charge in [0.15, 0.2) is 4.32 Å². The first-order valence-electron chi connectivity index (χ1n) is 7.54. The second kappa shape index (κ2) is 8.09. The summed E-state index contributed by atoms with van der Waals surface area (Å²) in [5.74, 6) is -0.778. The molecule has 0 spiro atoms. The summed E-state index contributed by atoms with van der Waals surface area (Å²) in [5, 5.41) is 35.6. The van der Waals surface area contributed by atoms with Crippen molar-refractivity contribution >= 4 is 68.1 Å². The van der Waals surface area contributed by atoms with Gasteiger partial charge in [-0.2, -0.15) is 10.1 Å². The van der Waals surface area contributed by atoms with E-state index in [-0.39, 0.29) is 32.0 Å². The molecule has 0 saturated carbocycles. The Labute approximate surface area is 176 Å². The summed E-state index contributed by atoms with van der Waals surface area (Å²) in [6.07, 6.45) is 2.60. The number of halogens is 1. The number of amides is 1. The van der Waals surface area contributed by atoms with Crippen LogP contribution in [0.5, 0.6) is 11.5 Å². The Morgan fingerprint density at radius 3 is 2.57 bits per heavy atom. The minimum absolute atomic E-state index is 0.0190. The molecule has 2 aromatic rings. The second-order valence-corrected chi connectivity index (χ2v) is 8.03. The number of phenols is 2. The monoisotopic (exact) mass is 479 g/mol. The summed E-state index contributed by atoms with van der Waals surface area (Å²) in [5.41, 5.74) is 0.273. The number of nitro groups is 1. The van der Waals surface area contributed by atoms with Gasteiger partial charge in [-0.15, -0.1) is 0 Å². The van der Waals surface area contributed by atoms with Crippen LogP contribution in [-0.2, 0) is 4.79 Å². The summed E-state index contributed by atoms with van der Waals surface area (Å²) in [6, 6.07) is 8.24. The third kappa shape index (κ3) is 4.21. The Balaban J connectivity index is 1.89. The maximum Gasteiger partial charge on any atom is 0.286 e. The van der Waals surface area contributed by atoms with Gasteiger partial charge in [0.2, 0.25) is 0 Å². The molecule has 142 valence electrons. The number of carbonyl (C=O) groups excluding carboxylic acids is 1. The number of phenolic OH excluding ortho intramolecular Hbond substituents is 2. The highest BCUT2D eigenvalue weighted by Gasteiger charge is 2.32. The van der Waals surface area contributed by atoms with Crippen LogP contribution < -0.4 is 0 Å². The molecule has 1 fully saturated rings. The summed E-state index contributed by atoms with van der Waals surface area (Å²) >= 11 is 9.38. The molecule has 0 unspecified atom stereocenters. The second-order valence-electron chi connectivity index (χ2n) is 5.44. The van der Waals surface area contributed by atoms with Crippen LogP contribution in [0.15, 0.2) is 50.9 Å². The first-order valence-corrected chi connectivity index (χ1v) is 9.56. The average Bonchev–Trinajstić information content (AvgIpc) is 2.91. The van der Waals surface area contributed by atoms with Gasteiger partial charge < -0.3 is 10.2 Å². The van der Waals surface area contributed by atoms with Crippen LogP contribution >= 0.6 is 39.9 Å². The van der Waals surface area contributed by atoms with E-state index in [9.17, 15) is 25.1 Å². The van der Waals surface area contributed by atoms with Crippen molar-refractivity contribution in [3.8, 4) is 11.5 Å². The van der Waals surface area contributed by atoms with Gasteiger partial charge in [-0.05, 0) is 42.6 Å². The van der Waals surface area contributed by atoms with Crippen molar-refractivity contribution in [2.24, 2.45) is 5.10 Å². The predicted molar refractivity (Wildman–Crippen MR) is 113 cm³/mol. The number of nitro benzene ring substituents is 1. The zero-order valence-corrected chi connectivity index (χ0v) is 17.0. The van der Waals surface area contributed by atoms with Gasteiger partial charge >= 0.3 is 0 Å². The third-order valence-electron chi connectivity index (χ3n) is 3.58. The first-order chi connectivity index (χ1) is 13.3. The molecule has 0 radical (unpaired) electrons. The normalized spacial score (nSPS) is 15.8. The van der Waals surface area contributed by atoms with E-state index in [1.54, 1.807) is 12.1 Å². The number of hydrogen-bond donors (Lipinski definition) is 2. The number of aromatic hydroxyl groups is 2. The van der Waals surface area contributed by atoms with E-state index in [2.05, 4.69) is 21.0 Å². The largest absolute Gasteiger partial charge is 0.507 e. The molecule has 0 bridgehead atoms.